The van der Waals surface area contributed by atoms with Crippen LogP contribution in [0.5, 0.6) is 5.75 Å². The van der Waals surface area contributed by atoms with Crippen molar-refractivity contribution in [2.75, 3.05) is 12.4 Å². The van der Waals surface area contributed by atoms with Gasteiger partial charge in [0.15, 0.2) is 0 Å². The van der Waals surface area contributed by atoms with Crippen LogP contribution >= 0.6 is 11.6 Å². The molecule has 0 aliphatic heterocycles. The Kier molecular flexibility index (Phi) is 4.09. The molecule has 0 aliphatic rings. The van der Waals surface area contributed by atoms with E-state index in [9.17, 15) is 14.9 Å². The van der Waals surface area contributed by atoms with Crippen LogP contribution in [0.15, 0.2) is 51.7 Å². The molecule has 0 spiro atoms. The minimum atomic E-state index is -1.03. The highest BCUT2D eigenvalue weighted by Gasteiger charge is 2.24. The lowest BCUT2D eigenvalue weighted by Gasteiger charge is -2.11. The molecule has 1 heterocycles. The zero-order valence-electron chi connectivity index (χ0n) is 12.4. The topological polar surface area (TPSA) is 94.6 Å². The Labute approximate surface area is 140 Å². The van der Waals surface area contributed by atoms with Crippen LogP contribution < -0.4 is 15.7 Å². The van der Waals surface area contributed by atoms with Gasteiger partial charge >= 0.3 is 11.3 Å². The van der Waals surface area contributed by atoms with E-state index in [2.05, 4.69) is 5.32 Å². The van der Waals surface area contributed by atoms with Crippen LogP contribution in [0, 0.1) is 10.1 Å². The number of anilines is 2. The normalized spacial score (nSPS) is 10.6. The van der Waals surface area contributed by atoms with Crippen molar-refractivity contribution in [1.29, 1.82) is 0 Å². The number of benzene rings is 2. The van der Waals surface area contributed by atoms with Crippen LogP contribution in [-0.2, 0) is 0 Å². The largest absolute Gasteiger partial charge is 0.495 e. The Hall–Kier alpha value is -3.06. The average Bonchev–Trinajstić information content (AvgIpc) is 2.54. The van der Waals surface area contributed by atoms with Gasteiger partial charge in [-0.05, 0) is 30.3 Å². The van der Waals surface area contributed by atoms with Gasteiger partial charge in [0.25, 0.3) is 0 Å². The first-order valence-electron chi connectivity index (χ1n) is 6.82. The highest BCUT2D eigenvalue weighted by molar-refractivity contribution is 6.32. The minimum absolute atomic E-state index is 0.0492. The molecule has 3 aromatic rings. The van der Waals surface area contributed by atoms with Crippen LogP contribution in [-0.4, -0.2) is 12.0 Å². The molecule has 0 radical (unpaired) electrons. The van der Waals surface area contributed by atoms with Gasteiger partial charge in [-0.3, -0.25) is 10.1 Å². The lowest BCUT2D eigenvalue weighted by atomic mass is 10.1. The van der Waals surface area contributed by atoms with Crippen LogP contribution in [0.25, 0.3) is 11.0 Å². The fourth-order valence-corrected chi connectivity index (χ4v) is 2.58. The first-order chi connectivity index (χ1) is 11.5. The van der Waals surface area contributed by atoms with Crippen molar-refractivity contribution in [2.24, 2.45) is 0 Å². The summed E-state index contributed by atoms with van der Waals surface area (Å²) in [5.74, 6) is 0.467. The molecule has 0 unspecified atom stereocenters. The van der Waals surface area contributed by atoms with Crippen LogP contribution in [0.4, 0.5) is 17.1 Å². The molecule has 1 N–H and O–H groups in total. The summed E-state index contributed by atoms with van der Waals surface area (Å²) in [6.45, 7) is 0. The van der Waals surface area contributed by atoms with E-state index in [0.717, 1.165) is 0 Å². The van der Waals surface area contributed by atoms with E-state index in [1.165, 1.54) is 7.11 Å². The number of rotatable bonds is 4. The first-order valence-corrected chi connectivity index (χ1v) is 7.20. The molecule has 3 rings (SSSR count). The predicted molar refractivity (Wildman–Crippen MR) is 90.4 cm³/mol. The molecule has 0 saturated carbocycles. The number of nitrogens with zero attached hydrogens (tertiary/aromatic N) is 1. The van der Waals surface area contributed by atoms with Crippen LogP contribution in [0.2, 0.25) is 5.02 Å². The fraction of sp³-hybridized carbons (Fsp3) is 0.0625. The van der Waals surface area contributed by atoms with Crippen molar-refractivity contribution in [3.8, 4) is 5.75 Å². The average molecular weight is 347 g/mol. The number of hydrogen-bond acceptors (Lipinski definition) is 6. The van der Waals surface area contributed by atoms with Gasteiger partial charge in [0.05, 0.1) is 17.1 Å². The van der Waals surface area contributed by atoms with Crippen molar-refractivity contribution in [3.05, 3.63) is 68.0 Å². The lowest BCUT2D eigenvalue weighted by Crippen LogP contribution is -2.10. The summed E-state index contributed by atoms with van der Waals surface area (Å²) in [5, 5.41) is 14.9. The van der Waals surface area contributed by atoms with E-state index < -0.39 is 16.2 Å². The van der Waals surface area contributed by atoms with Crippen LogP contribution in [0.1, 0.15) is 0 Å². The lowest BCUT2D eigenvalue weighted by molar-refractivity contribution is -0.386. The summed E-state index contributed by atoms with van der Waals surface area (Å²) in [4.78, 5) is 22.5. The van der Waals surface area contributed by atoms with Gasteiger partial charge in [-0.25, -0.2) is 4.79 Å². The second kappa shape index (κ2) is 6.21. The summed E-state index contributed by atoms with van der Waals surface area (Å²) in [5.41, 5.74) is -0.926. The van der Waals surface area contributed by atoms with Gasteiger partial charge in [0.2, 0.25) is 0 Å². The van der Waals surface area contributed by atoms with Gasteiger partial charge in [-0.2, -0.15) is 0 Å². The highest BCUT2D eigenvalue weighted by Crippen LogP contribution is 2.34. The first kappa shape index (κ1) is 15.8. The third kappa shape index (κ3) is 2.77. The molecule has 0 bridgehead atoms. The zero-order chi connectivity index (χ0) is 17.3. The quantitative estimate of drug-likeness (QED) is 0.434. The van der Waals surface area contributed by atoms with E-state index in [4.69, 9.17) is 20.8 Å². The molecule has 7 nitrogen and oxygen atoms in total. The third-order valence-corrected chi connectivity index (χ3v) is 3.69. The summed E-state index contributed by atoms with van der Waals surface area (Å²) < 4.78 is 10.1. The molecular weight excluding hydrogens is 336 g/mol. The zero-order valence-corrected chi connectivity index (χ0v) is 13.2. The number of para-hydroxylation sites is 1. The number of hydrogen-bond donors (Lipinski definition) is 1. The standard InChI is InChI=1S/C16H11ClN2O5/c1-23-13-7-6-9(8-11(13)17)18-14-10-4-2-3-5-12(10)24-16(20)15(14)19(21)22/h2-8,18H,1H3. The highest BCUT2D eigenvalue weighted by atomic mass is 35.5. The summed E-state index contributed by atoms with van der Waals surface area (Å²) in [6.07, 6.45) is 0. The predicted octanol–water partition coefficient (Wildman–Crippen LogP) is 4.11. The molecule has 0 amide bonds. The number of nitro groups is 1. The minimum Gasteiger partial charge on any atom is -0.495 e. The van der Waals surface area contributed by atoms with E-state index in [1.807, 2.05) is 0 Å². The molecule has 0 atom stereocenters. The molecule has 0 aliphatic carbocycles. The number of ether oxygens (including phenoxy) is 1. The molecule has 0 fully saturated rings. The van der Waals surface area contributed by atoms with E-state index in [-0.39, 0.29) is 11.3 Å². The number of methoxy groups -OCH3 is 1. The summed E-state index contributed by atoms with van der Waals surface area (Å²) >= 11 is 6.07. The van der Waals surface area contributed by atoms with Gasteiger partial charge in [-0.15, -0.1) is 0 Å². The van der Waals surface area contributed by atoms with Crippen molar-refractivity contribution in [2.45, 2.75) is 0 Å². The van der Waals surface area contributed by atoms with Crippen LogP contribution in [0.3, 0.4) is 0 Å². The third-order valence-electron chi connectivity index (χ3n) is 3.39. The van der Waals surface area contributed by atoms with Gasteiger partial charge in [0.1, 0.15) is 17.0 Å². The molecular formula is C16H11ClN2O5. The van der Waals surface area contributed by atoms with E-state index >= 15 is 0 Å². The second-order valence-electron chi connectivity index (χ2n) is 4.84. The molecule has 2 aromatic carbocycles. The smallest absolute Gasteiger partial charge is 0.417 e. The monoisotopic (exact) mass is 346 g/mol. The van der Waals surface area contributed by atoms with Crippen molar-refractivity contribution < 1.29 is 14.1 Å². The summed E-state index contributed by atoms with van der Waals surface area (Å²) in [7, 11) is 1.48. The Bertz CT molecular complexity index is 999. The maximum absolute atomic E-state index is 12.0. The summed E-state index contributed by atoms with van der Waals surface area (Å²) in [6, 6.07) is 11.4. The van der Waals surface area contributed by atoms with E-state index in [0.29, 0.717) is 21.8 Å². The molecule has 8 heteroatoms. The number of fused-ring (bicyclic) bond motifs is 1. The Morgan fingerprint density at radius 1 is 1.25 bits per heavy atom. The van der Waals surface area contributed by atoms with E-state index in [1.54, 1.807) is 42.5 Å². The van der Waals surface area contributed by atoms with Crippen molar-refractivity contribution in [1.82, 2.24) is 0 Å². The Morgan fingerprint density at radius 2 is 2.00 bits per heavy atom. The Morgan fingerprint density at radius 3 is 2.67 bits per heavy atom. The SMILES string of the molecule is COc1ccc(Nc2c([N+](=O)[O-])c(=O)oc3ccccc23)cc1Cl. The fourth-order valence-electron chi connectivity index (χ4n) is 2.32. The molecule has 24 heavy (non-hydrogen) atoms. The number of nitrogens with one attached hydrogen (secondary N) is 1. The maximum Gasteiger partial charge on any atom is 0.417 e. The number of halogens is 1. The van der Waals surface area contributed by atoms with Gasteiger partial charge in [-0.1, -0.05) is 23.7 Å². The molecule has 122 valence electrons. The second-order valence-corrected chi connectivity index (χ2v) is 5.25. The molecule has 1 aromatic heterocycles. The van der Waals surface area contributed by atoms with Gasteiger partial charge < -0.3 is 14.5 Å². The maximum atomic E-state index is 12.0. The molecule has 0 saturated heterocycles. The Balaban J connectivity index is 2.20. The van der Waals surface area contributed by atoms with Crippen molar-refractivity contribution >= 4 is 39.6 Å². The van der Waals surface area contributed by atoms with Gasteiger partial charge in [0, 0.05) is 11.1 Å². The van der Waals surface area contributed by atoms with Crippen molar-refractivity contribution in [3.63, 3.8) is 0 Å².